The Balaban J connectivity index is 1.99. The number of amides is 1. The fourth-order valence-corrected chi connectivity index (χ4v) is 1.62. The van der Waals surface area contributed by atoms with E-state index >= 15 is 0 Å². The monoisotopic (exact) mass is 275 g/mol. The van der Waals surface area contributed by atoms with Crippen molar-refractivity contribution in [2.45, 2.75) is 0 Å². The van der Waals surface area contributed by atoms with Crippen molar-refractivity contribution in [2.24, 2.45) is 0 Å². The molecule has 96 valence electrons. The van der Waals surface area contributed by atoms with Gasteiger partial charge >= 0.3 is 0 Å². The molecule has 0 saturated heterocycles. The van der Waals surface area contributed by atoms with E-state index in [0.717, 1.165) is 5.56 Å². The van der Waals surface area contributed by atoms with Gasteiger partial charge in [0.1, 0.15) is 5.82 Å². The number of rotatable bonds is 3. The van der Waals surface area contributed by atoms with Gasteiger partial charge < -0.3 is 5.32 Å². The van der Waals surface area contributed by atoms with Crippen LogP contribution in [-0.2, 0) is 4.79 Å². The third-order valence-corrected chi connectivity index (χ3v) is 2.64. The molecule has 0 bridgehead atoms. The summed E-state index contributed by atoms with van der Waals surface area (Å²) < 4.78 is 12.9. The standard InChI is InChI=1S/C15H11ClFNO/c16-12-7-4-11(5-8-12)6-9-15(19)18-14-3-1-2-13(17)10-14/h1-10H,(H,18,19)/b9-6+. The average Bonchev–Trinajstić information content (AvgIpc) is 2.38. The highest BCUT2D eigenvalue weighted by molar-refractivity contribution is 6.30. The van der Waals surface area contributed by atoms with Gasteiger partial charge in [-0.2, -0.15) is 0 Å². The molecule has 1 N–H and O–H groups in total. The summed E-state index contributed by atoms with van der Waals surface area (Å²) in [6, 6.07) is 12.8. The second-order valence-electron chi connectivity index (χ2n) is 3.88. The number of halogens is 2. The summed E-state index contributed by atoms with van der Waals surface area (Å²) >= 11 is 5.76. The predicted octanol–water partition coefficient (Wildman–Crippen LogP) is 4.13. The van der Waals surface area contributed by atoms with E-state index in [1.165, 1.54) is 24.3 Å². The molecule has 1 amide bonds. The molecule has 0 aliphatic carbocycles. The summed E-state index contributed by atoms with van der Waals surface area (Å²) in [6.45, 7) is 0. The lowest BCUT2D eigenvalue weighted by Gasteiger charge is -2.01. The van der Waals surface area contributed by atoms with E-state index in [1.807, 2.05) is 0 Å². The van der Waals surface area contributed by atoms with Crippen molar-refractivity contribution in [3.05, 3.63) is 71.0 Å². The maximum Gasteiger partial charge on any atom is 0.248 e. The quantitative estimate of drug-likeness (QED) is 0.839. The predicted molar refractivity (Wildman–Crippen MR) is 75.5 cm³/mol. The van der Waals surface area contributed by atoms with E-state index in [9.17, 15) is 9.18 Å². The molecule has 0 saturated carbocycles. The fraction of sp³-hybridized carbons (Fsp3) is 0. The van der Waals surface area contributed by atoms with Crippen LogP contribution in [0.4, 0.5) is 10.1 Å². The van der Waals surface area contributed by atoms with Gasteiger partial charge in [0.15, 0.2) is 0 Å². The first-order chi connectivity index (χ1) is 9.13. The van der Waals surface area contributed by atoms with Crippen LogP contribution in [0.2, 0.25) is 5.02 Å². The van der Waals surface area contributed by atoms with Gasteiger partial charge in [-0.25, -0.2) is 4.39 Å². The second kappa shape index (κ2) is 6.16. The van der Waals surface area contributed by atoms with E-state index in [1.54, 1.807) is 36.4 Å². The summed E-state index contributed by atoms with van der Waals surface area (Å²) in [5.74, 6) is -0.708. The number of hydrogen-bond acceptors (Lipinski definition) is 1. The Morgan fingerprint density at radius 2 is 1.89 bits per heavy atom. The SMILES string of the molecule is O=C(/C=C/c1ccc(Cl)cc1)Nc1cccc(F)c1. The molecule has 0 radical (unpaired) electrons. The first-order valence-corrected chi connectivity index (χ1v) is 6.01. The summed E-state index contributed by atoms with van der Waals surface area (Å²) in [4.78, 5) is 11.6. The molecule has 4 heteroatoms. The Morgan fingerprint density at radius 1 is 1.16 bits per heavy atom. The van der Waals surface area contributed by atoms with E-state index in [0.29, 0.717) is 10.7 Å². The van der Waals surface area contributed by atoms with Crippen molar-refractivity contribution in [3.8, 4) is 0 Å². The van der Waals surface area contributed by atoms with Crippen molar-refractivity contribution in [3.63, 3.8) is 0 Å². The minimum atomic E-state index is -0.389. The Morgan fingerprint density at radius 3 is 2.58 bits per heavy atom. The zero-order chi connectivity index (χ0) is 13.7. The normalized spacial score (nSPS) is 10.6. The lowest BCUT2D eigenvalue weighted by atomic mass is 10.2. The average molecular weight is 276 g/mol. The van der Waals surface area contributed by atoms with Crippen molar-refractivity contribution in [2.75, 3.05) is 5.32 Å². The summed E-state index contributed by atoms with van der Waals surface area (Å²) in [7, 11) is 0. The highest BCUT2D eigenvalue weighted by atomic mass is 35.5. The van der Waals surface area contributed by atoms with E-state index in [4.69, 9.17) is 11.6 Å². The number of anilines is 1. The molecular formula is C15H11ClFNO. The van der Waals surface area contributed by atoms with Crippen LogP contribution in [0, 0.1) is 5.82 Å². The molecular weight excluding hydrogens is 265 g/mol. The lowest BCUT2D eigenvalue weighted by Crippen LogP contribution is -2.07. The van der Waals surface area contributed by atoms with E-state index in [2.05, 4.69) is 5.32 Å². The third kappa shape index (κ3) is 4.23. The third-order valence-electron chi connectivity index (χ3n) is 2.39. The molecule has 0 aromatic heterocycles. The number of carbonyl (C=O) groups excluding carboxylic acids is 1. The molecule has 2 nitrogen and oxygen atoms in total. The van der Waals surface area contributed by atoms with Gasteiger partial charge in [0.2, 0.25) is 5.91 Å². The van der Waals surface area contributed by atoms with Crippen molar-refractivity contribution >= 4 is 29.3 Å². The van der Waals surface area contributed by atoms with E-state index in [-0.39, 0.29) is 11.7 Å². The molecule has 0 aliphatic rings. The summed E-state index contributed by atoms with van der Waals surface area (Å²) in [5, 5.41) is 3.21. The van der Waals surface area contributed by atoms with Gasteiger partial charge in [-0.15, -0.1) is 0 Å². The largest absolute Gasteiger partial charge is 0.322 e. The zero-order valence-corrected chi connectivity index (χ0v) is 10.7. The van der Waals surface area contributed by atoms with E-state index < -0.39 is 0 Å². The van der Waals surface area contributed by atoms with Crippen LogP contribution < -0.4 is 5.32 Å². The molecule has 2 aromatic rings. The van der Waals surface area contributed by atoms with Crippen molar-refractivity contribution < 1.29 is 9.18 Å². The first kappa shape index (κ1) is 13.3. The Labute approximate surface area is 115 Å². The topological polar surface area (TPSA) is 29.1 Å². The summed E-state index contributed by atoms with van der Waals surface area (Å²) in [5.41, 5.74) is 1.28. The molecule has 19 heavy (non-hydrogen) atoms. The summed E-state index contributed by atoms with van der Waals surface area (Å²) in [6.07, 6.45) is 3.04. The highest BCUT2D eigenvalue weighted by Crippen LogP contribution is 2.11. The minimum absolute atomic E-state index is 0.319. The number of benzene rings is 2. The smallest absolute Gasteiger partial charge is 0.248 e. The Bertz CT molecular complexity index is 608. The molecule has 2 aromatic carbocycles. The van der Waals surface area contributed by atoms with Gasteiger partial charge in [-0.1, -0.05) is 29.8 Å². The van der Waals surface area contributed by atoms with Crippen molar-refractivity contribution in [1.29, 1.82) is 0 Å². The molecule has 0 fully saturated rings. The van der Waals surface area contributed by atoms with Gasteiger partial charge in [0.05, 0.1) is 0 Å². The first-order valence-electron chi connectivity index (χ1n) is 5.64. The van der Waals surface area contributed by atoms with Gasteiger partial charge in [-0.05, 0) is 42.0 Å². The maximum atomic E-state index is 12.9. The molecule has 0 unspecified atom stereocenters. The van der Waals surface area contributed by atoms with Crippen LogP contribution in [0.5, 0.6) is 0 Å². The van der Waals surface area contributed by atoms with Crippen LogP contribution in [0.25, 0.3) is 6.08 Å². The number of carbonyl (C=O) groups is 1. The zero-order valence-electron chi connectivity index (χ0n) is 9.94. The molecule has 2 rings (SSSR count). The second-order valence-corrected chi connectivity index (χ2v) is 4.32. The minimum Gasteiger partial charge on any atom is -0.322 e. The number of hydrogen-bond donors (Lipinski definition) is 1. The lowest BCUT2D eigenvalue weighted by molar-refractivity contribution is -0.111. The van der Waals surface area contributed by atoms with Gasteiger partial charge in [0.25, 0.3) is 0 Å². The molecule has 0 heterocycles. The van der Waals surface area contributed by atoms with Crippen LogP contribution >= 0.6 is 11.6 Å². The van der Waals surface area contributed by atoms with Gasteiger partial charge in [-0.3, -0.25) is 4.79 Å². The number of nitrogens with one attached hydrogen (secondary N) is 1. The van der Waals surface area contributed by atoms with Crippen LogP contribution in [-0.4, -0.2) is 5.91 Å². The van der Waals surface area contributed by atoms with Gasteiger partial charge in [0, 0.05) is 16.8 Å². The van der Waals surface area contributed by atoms with Crippen LogP contribution in [0.3, 0.4) is 0 Å². The maximum absolute atomic E-state index is 12.9. The highest BCUT2D eigenvalue weighted by Gasteiger charge is 1.98. The van der Waals surface area contributed by atoms with Crippen molar-refractivity contribution in [1.82, 2.24) is 0 Å². The molecule has 0 spiro atoms. The Kier molecular flexibility index (Phi) is 4.31. The van der Waals surface area contributed by atoms with Crippen LogP contribution in [0.15, 0.2) is 54.6 Å². The Hall–Kier alpha value is -2.13. The van der Waals surface area contributed by atoms with Crippen LogP contribution in [0.1, 0.15) is 5.56 Å². The molecule has 0 aliphatic heterocycles. The molecule has 0 atom stereocenters. The fourth-order valence-electron chi connectivity index (χ4n) is 1.50.